The zero-order valence-electron chi connectivity index (χ0n) is 14.0. The average Bonchev–Trinajstić information content (AvgIpc) is 2.37. The minimum absolute atomic E-state index is 0.0518. The molecule has 0 saturated carbocycles. The Kier molecular flexibility index (Phi) is 5.63. The van der Waals surface area contributed by atoms with Gasteiger partial charge in [0.2, 0.25) is 5.91 Å². The Balaban J connectivity index is 2.08. The van der Waals surface area contributed by atoms with Gasteiger partial charge >= 0.3 is 0 Å². The molecule has 2 aliphatic rings. The largest absolute Gasteiger partial charge is 0.375 e. The molecule has 2 heterocycles. The van der Waals surface area contributed by atoms with E-state index in [1.165, 1.54) is 0 Å². The summed E-state index contributed by atoms with van der Waals surface area (Å²) in [6.07, 6.45) is 0.510. The first-order chi connectivity index (χ1) is 9.88. The van der Waals surface area contributed by atoms with Crippen LogP contribution >= 0.6 is 0 Å². The topological polar surface area (TPSA) is 42.0 Å². The maximum Gasteiger partial charge on any atom is 0.240 e. The number of ether oxygens (including phenoxy) is 2. The highest BCUT2D eigenvalue weighted by atomic mass is 16.5. The van der Waals surface area contributed by atoms with Crippen LogP contribution in [0.2, 0.25) is 0 Å². The summed E-state index contributed by atoms with van der Waals surface area (Å²) in [5.41, 5.74) is 0. The van der Waals surface area contributed by atoms with E-state index in [9.17, 15) is 4.79 Å². The second-order valence-electron chi connectivity index (χ2n) is 6.87. The lowest BCUT2D eigenvalue weighted by Crippen LogP contribution is -2.59. The number of hydrogen-bond acceptors (Lipinski definition) is 4. The van der Waals surface area contributed by atoms with Crippen molar-refractivity contribution in [2.45, 2.75) is 59.0 Å². The maximum absolute atomic E-state index is 13.0. The van der Waals surface area contributed by atoms with Gasteiger partial charge in [0.05, 0.1) is 31.0 Å². The summed E-state index contributed by atoms with van der Waals surface area (Å²) in [5, 5.41) is 0. The molecule has 0 unspecified atom stereocenters. The molecule has 1 amide bonds. The summed E-state index contributed by atoms with van der Waals surface area (Å²) in [6, 6.07) is -0.0518. The molecule has 5 nitrogen and oxygen atoms in total. The lowest BCUT2D eigenvalue weighted by Gasteiger charge is -2.43. The van der Waals surface area contributed by atoms with E-state index >= 15 is 0 Å². The molecule has 0 aliphatic carbocycles. The standard InChI is InChI=1S/C16H30N2O3/c1-11(2)15(18-9-13(4)21-14(5)10-18)16(19)17-6-7-20-12(3)8-17/h11-15H,6-10H2,1-5H3/t12-,13-,14+,15+/m1/s1. The zero-order chi connectivity index (χ0) is 15.6. The van der Waals surface area contributed by atoms with Crippen molar-refractivity contribution >= 4 is 5.91 Å². The van der Waals surface area contributed by atoms with E-state index in [4.69, 9.17) is 9.47 Å². The number of carbonyl (C=O) groups excluding carboxylic acids is 1. The van der Waals surface area contributed by atoms with Crippen molar-refractivity contribution in [2.24, 2.45) is 5.92 Å². The summed E-state index contributed by atoms with van der Waals surface area (Å²) in [7, 11) is 0. The van der Waals surface area contributed by atoms with E-state index in [1.54, 1.807) is 0 Å². The molecule has 0 aromatic carbocycles. The molecule has 4 atom stereocenters. The number of nitrogens with zero attached hydrogens (tertiary/aromatic N) is 2. The van der Waals surface area contributed by atoms with Crippen molar-refractivity contribution in [3.8, 4) is 0 Å². The zero-order valence-corrected chi connectivity index (χ0v) is 14.0. The quantitative estimate of drug-likeness (QED) is 0.789. The molecule has 2 rings (SSSR count). The van der Waals surface area contributed by atoms with E-state index < -0.39 is 0 Å². The van der Waals surface area contributed by atoms with Crippen molar-refractivity contribution in [3.63, 3.8) is 0 Å². The molecule has 0 bridgehead atoms. The third kappa shape index (κ3) is 4.18. The number of morpholine rings is 2. The van der Waals surface area contributed by atoms with Gasteiger partial charge in [0.15, 0.2) is 0 Å². The van der Waals surface area contributed by atoms with Crippen LogP contribution in [0.1, 0.15) is 34.6 Å². The molecule has 2 saturated heterocycles. The van der Waals surface area contributed by atoms with Crippen LogP contribution < -0.4 is 0 Å². The van der Waals surface area contributed by atoms with Gasteiger partial charge in [-0.15, -0.1) is 0 Å². The Morgan fingerprint density at radius 3 is 2.19 bits per heavy atom. The van der Waals surface area contributed by atoms with E-state index in [1.807, 2.05) is 11.8 Å². The van der Waals surface area contributed by atoms with Gasteiger partial charge in [-0.25, -0.2) is 0 Å². The highest BCUT2D eigenvalue weighted by Gasteiger charge is 2.37. The first kappa shape index (κ1) is 16.7. The summed E-state index contributed by atoms with van der Waals surface area (Å²) in [5.74, 6) is 0.551. The van der Waals surface area contributed by atoms with Gasteiger partial charge in [-0.2, -0.15) is 0 Å². The van der Waals surface area contributed by atoms with Crippen LogP contribution in [0.5, 0.6) is 0 Å². The van der Waals surface area contributed by atoms with E-state index in [0.717, 1.165) is 13.1 Å². The van der Waals surface area contributed by atoms with Crippen molar-refractivity contribution in [2.75, 3.05) is 32.8 Å². The van der Waals surface area contributed by atoms with Crippen molar-refractivity contribution in [1.82, 2.24) is 9.80 Å². The van der Waals surface area contributed by atoms with Crippen LogP contribution in [-0.4, -0.2) is 72.8 Å². The van der Waals surface area contributed by atoms with Crippen LogP contribution in [0.15, 0.2) is 0 Å². The summed E-state index contributed by atoms with van der Waals surface area (Å²) in [4.78, 5) is 17.3. The predicted molar refractivity (Wildman–Crippen MR) is 82.2 cm³/mol. The van der Waals surface area contributed by atoms with E-state index in [-0.39, 0.29) is 30.3 Å². The van der Waals surface area contributed by atoms with Gasteiger partial charge < -0.3 is 14.4 Å². The number of carbonyl (C=O) groups is 1. The van der Waals surface area contributed by atoms with Crippen LogP contribution in [0, 0.1) is 5.92 Å². The normalized spacial score (nSPS) is 33.2. The Hall–Kier alpha value is -0.650. The smallest absolute Gasteiger partial charge is 0.240 e. The highest BCUT2D eigenvalue weighted by Crippen LogP contribution is 2.21. The van der Waals surface area contributed by atoms with Crippen molar-refractivity contribution in [1.29, 1.82) is 0 Å². The second kappa shape index (κ2) is 7.07. The molecule has 0 aromatic heterocycles. The van der Waals surface area contributed by atoms with E-state index in [0.29, 0.717) is 25.6 Å². The third-order valence-electron chi connectivity index (χ3n) is 4.28. The minimum atomic E-state index is -0.0518. The second-order valence-corrected chi connectivity index (χ2v) is 6.87. The van der Waals surface area contributed by atoms with Crippen molar-refractivity contribution in [3.05, 3.63) is 0 Å². The Bertz CT molecular complexity index is 351. The fourth-order valence-corrected chi connectivity index (χ4v) is 3.51. The van der Waals surface area contributed by atoms with Crippen molar-refractivity contribution < 1.29 is 14.3 Å². The minimum Gasteiger partial charge on any atom is -0.375 e. The molecule has 2 aliphatic heterocycles. The lowest BCUT2D eigenvalue weighted by atomic mass is 9.98. The van der Waals surface area contributed by atoms with Crippen LogP contribution in [0.25, 0.3) is 0 Å². The van der Waals surface area contributed by atoms with Gasteiger partial charge in [-0.3, -0.25) is 9.69 Å². The number of amides is 1. The maximum atomic E-state index is 13.0. The molecule has 0 aromatic rings. The van der Waals surface area contributed by atoms with Gasteiger partial charge in [-0.05, 0) is 26.7 Å². The fourth-order valence-electron chi connectivity index (χ4n) is 3.51. The third-order valence-corrected chi connectivity index (χ3v) is 4.28. The first-order valence-electron chi connectivity index (χ1n) is 8.18. The Morgan fingerprint density at radius 2 is 1.67 bits per heavy atom. The molecule has 0 radical (unpaired) electrons. The molecule has 0 spiro atoms. The van der Waals surface area contributed by atoms with E-state index in [2.05, 4.69) is 32.6 Å². The number of hydrogen-bond donors (Lipinski definition) is 0. The molecule has 0 N–H and O–H groups in total. The molecule has 5 heteroatoms. The molecule has 122 valence electrons. The fraction of sp³-hybridized carbons (Fsp3) is 0.938. The predicted octanol–water partition coefficient (Wildman–Crippen LogP) is 1.37. The van der Waals surface area contributed by atoms with Gasteiger partial charge in [0.1, 0.15) is 0 Å². The monoisotopic (exact) mass is 298 g/mol. The van der Waals surface area contributed by atoms with Crippen LogP contribution in [0.3, 0.4) is 0 Å². The highest BCUT2D eigenvalue weighted by molar-refractivity contribution is 5.82. The SMILES string of the molecule is CC(C)[C@@H](C(=O)N1CCO[C@H](C)C1)N1C[C@@H](C)O[C@@H](C)C1. The van der Waals surface area contributed by atoms with Crippen LogP contribution in [0.4, 0.5) is 0 Å². The molecule has 21 heavy (non-hydrogen) atoms. The molecule has 2 fully saturated rings. The first-order valence-corrected chi connectivity index (χ1v) is 8.18. The average molecular weight is 298 g/mol. The van der Waals surface area contributed by atoms with Gasteiger partial charge in [0, 0.05) is 26.2 Å². The molecular weight excluding hydrogens is 268 g/mol. The lowest BCUT2D eigenvalue weighted by molar-refractivity contribution is -0.151. The summed E-state index contributed by atoms with van der Waals surface area (Å²) in [6.45, 7) is 14.2. The Morgan fingerprint density at radius 1 is 1.05 bits per heavy atom. The number of rotatable bonds is 3. The molecular formula is C16H30N2O3. The van der Waals surface area contributed by atoms with Gasteiger partial charge in [0.25, 0.3) is 0 Å². The Labute approximate surface area is 128 Å². The van der Waals surface area contributed by atoms with Gasteiger partial charge in [-0.1, -0.05) is 13.8 Å². The summed E-state index contributed by atoms with van der Waals surface area (Å²) >= 11 is 0. The van der Waals surface area contributed by atoms with Crippen LogP contribution in [-0.2, 0) is 14.3 Å². The summed E-state index contributed by atoms with van der Waals surface area (Å²) < 4.78 is 11.4.